The Labute approximate surface area is 136 Å². The summed E-state index contributed by atoms with van der Waals surface area (Å²) in [5.74, 6) is -0.699. The topological polar surface area (TPSA) is 42.0 Å². The first-order valence-electron chi connectivity index (χ1n) is 8.09. The number of hydrogen-bond donors (Lipinski definition) is 0. The van der Waals surface area contributed by atoms with Crippen LogP contribution in [0, 0.1) is 5.82 Å². The van der Waals surface area contributed by atoms with Gasteiger partial charge in [-0.25, -0.2) is 4.39 Å². The number of nitrogens with zero attached hydrogens (tertiary/aromatic N) is 2. The van der Waals surface area contributed by atoms with Gasteiger partial charge in [-0.2, -0.15) is 0 Å². The number of rotatable bonds is 4. The van der Waals surface area contributed by atoms with Crippen molar-refractivity contribution in [2.45, 2.75) is 18.6 Å². The van der Waals surface area contributed by atoms with Gasteiger partial charge in [0.05, 0.1) is 30.9 Å². The van der Waals surface area contributed by atoms with Crippen LogP contribution in [0.3, 0.4) is 0 Å². The van der Waals surface area contributed by atoms with E-state index >= 15 is 0 Å². The lowest BCUT2D eigenvalue weighted by molar-refractivity contribution is -0.101. The summed E-state index contributed by atoms with van der Waals surface area (Å²) in [5.41, 5.74) is 0.145. The zero-order valence-corrected chi connectivity index (χ0v) is 13.4. The van der Waals surface area contributed by atoms with Gasteiger partial charge in [0.25, 0.3) is 5.91 Å². The number of likely N-dealkylation sites (tertiary alicyclic amines) is 1. The Bertz CT molecular complexity index is 554. The van der Waals surface area contributed by atoms with Crippen molar-refractivity contribution >= 4 is 5.91 Å². The SMILES string of the molecule is COCCN1CCO[C@@H]2CCN(C(=O)c3ccccc3F)C[C@H]21. The summed E-state index contributed by atoms with van der Waals surface area (Å²) in [4.78, 5) is 16.7. The quantitative estimate of drug-likeness (QED) is 0.840. The number of halogens is 1. The lowest BCUT2D eigenvalue weighted by atomic mass is 9.98. The minimum atomic E-state index is -0.462. The predicted molar refractivity (Wildman–Crippen MR) is 83.9 cm³/mol. The highest BCUT2D eigenvalue weighted by Crippen LogP contribution is 2.24. The third-order valence-corrected chi connectivity index (χ3v) is 4.67. The predicted octanol–water partition coefficient (Wildman–Crippen LogP) is 1.39. The zero-order chi connectivity index (χ0) is 16.2. The number of carbonyl (C=O) groups excluding carboxylic acids is 1. The van der Waals surface area contributed by atoms with Crippen molar-refractivity contribution in [2.75, 3.05) is 46.5 Å². The summed E-state index contributed by atoms with van der Waals surface area (Å²) in [6, 6.07) is 6.32. The molecule has 126 valence electrons. The van der Waals surface area contributed by atoms with E-state index in [9.17, 15) is 9.18 Å². The van der Waals surface area contributed by atoms with Gasteiger partial charge < -0.3 is 14.4 Å². The molecule has 0 N–H and O–H groups in total. The fraction of sp³-hybridized carbons (Fsp3) is 0.588. The summed E-state index contributed by atoms with van der Waals surface area (Å²) >= 11 is 0. The molecule has 1 aromatic rings. The van der Waals surface area contributed by atoms with Gasteiger partial charge in [-0.15, -0.1) is 0 Å². The highest BCUT2D eigenvalue weighted by Gasteiger charge is 2.38. The Balaban J connectivity index is 1.71. The number of amides is 1. The molecule has 5 nitrogen and oxygen atoms in total. The van der Waals surface area contributed by atoms with Crippen molar-refractivity contribution < 1.29 is 18.7 Å². The highest BCUT2D eigenvalue weighted by molar-refractivity contribution is 5.94. The molecule has 0 radical (unpaired) electrons. The number of carbonyl (C=O) groups is 1. The molecule has 2 atom stereocenters. The number of methoxy groups -OCH3 is 1. The van der Waals surface area contributed by atoms with Gasteiger partial charge in [-0.1, -0.05) is 12.1 Å². The molecule has 2 saturated heterocycles. The molecule has 0 saturated carbocycles. The standard InChI is InChI=1S/C17H23FN2O3/c1-22-10-8-19-9-11-23-16-6-7-20(12-15(16)19)17(21)13-4-2-3-5-14(13)18/h2-5,15-16H,6-12H2,1H3/t15-,16-/m1/s1. The average molecular weight is 322 g/mol. The van der Waals surface area contributed by atoms with Crippen LogP contribution in [-0.2, 0) is 9.47 Å². The van der Waals surface area contributed by atoms with Crippen LogP contribution in [0.1, 0.15) is 16.8 Å². The van der Waals surface area contributed by atoms with E-state index in [1.165, 1.54) is 6.07 Å². The molecule has 0 spiro atoms. The van der Waals surface area contributed by atoms with Crippen LogP contribution in [0.15, 0.2) is 24.3 Å². The number of piperidine rings is 1. The van der Waals surface area contributed by atoms with Crippen LogP contribution in [0.4, 0.5) is 4.39 Å². The Hall–Kier alpha value is -1.50. The van der Waals surface area contributed by atoms with Crippen molar-refractivity contribution in [1.29, 1.82) is 0 Å². The zero-order valence-electron chi connectivity index (χ0n) is 13.4. The molecular weight excluding hydrogens is 299 g/mol. The van der Waals surface area contributed by atoms with Crippen molar-refractivity contribution in [3.05, 3.63) is 35.6 Å². The van der Waals surface area contributed by atoms with Gasteiger partial charge in [0.1, 0.15) is 5.82 Å². The van der Waals surface area contributed by atoms with Crippen molar-refractivity contribution in [2.24, 2.45) is 0 Å². The average Bonchev–Trinajstić information content (AvgIpc) is 2.59. The summed E-state index contributed by atoms with van der Waals surface area (Å²) < 4.78 is 24.9. The molecule has 2 aliphatic rings. The number of morpholine rings is 1. The number of fused-ring (bicyclic) bond motifs is 1. The number of benzene rings is 1. The molecule has 2 fully saturated rings. The first kappa shape index (κ1) is 16.4. The van der Waals surface area contributed by atoms with E-state index in [0.29, 0.717) is 26.3 Å². The van der Waals surface area contributed by atoms with E-state index < -0.39 is 5.82 Å². The molecule has 0 aliphatic carbocycles. The molecule has 6 heteroatoms. The minimum Gasteiger partial charge on any atom is -0.383 e. The second kappa shape index (κ2) is 7.38. The van der Waals surface area contributed by atoms with Crippen molar-refractivity contribution in [3.8, 4) is 0 Å². The van der Waals surface area contributed by atoms with Gasteiger partial charge in [0.15, 0.2) is 0 Å². The van der Waals surface area contributed by atoms with Crippen LogP contribution in [-0.4, -0.2) is 74.4 Å². The monoisotopic (exact) mass is 322 g/mol. The van der Waals surface area contributed by atoms with E-state index in [1.54, 1.807) is 30.2 Å². The maximum Gasteiger partial charge on any atom is 0.256 e. The Morgan fingerprint density at radius 1 is 1.39 bits per heavy atom. The normalized spacial score (nSPS) is 25.2. The summed E-state index contributed by atoms with van der Waals surface area (Å²) in [6.07, 6.45) is 0.930. The fourth-order valence-corrected chi connectivity index (χ4v) is 3.42. The molecule has 0 aromatic heterocycles. The summed E-state index contributed by atoms with van der Waals surface area (Å²) in [7, 11) is 1.69. The van der Waals surface area contributed by atoms with Gasteiger partial charge in [0.2, 0.25) is 0 Å². The van der Waals surface area contributed by atoms with Crippen LogP contribution in [0.25, 0.3) is 0 Å². The molecule has 0 unspecified atom stereocenters. The molecule has 3 rings (SSSR count). The smallest absolute Gasteiger partial charge is 0.256 e. The van der Waals surface area contributed by atoms with Crippen molar-refractivity contribution in [3.63, 3.8) is 0 Å². The molecule has 0 bridgehead atoms. The molecule has 23 heavy (non-hydrogen) atoms. The molecule has 1 aromatic carbocycles. The van der Waals surface area contributed by atoms with E-state index in [2.05, 4.69) is 4.90 Å². The molecule has 2 aliphatic heterocycles. The molecular formula is C17H23FN2O3. The maximum atomic E-state index is 13.9. The lowest BCUT2D eigenvalue weighted by Gasteiger charge is -2.47. The Morgan fingerprint density at radius 3 is 3.00 bits per heavy atom. The van der Waals surface area contributed by atoms with Crippen LogP contribution < -0.4 is 0 Å². The summed E-state index contributed by atoms with van der Waals surface area (Å²) in [5, 5.41) is 0. The third kappa shape index (κ3) is 3.54. The van der Waals surface area contributed by atoms with Crippen LogP contribution in [0.5, 0.6) is 0 Å². The number of ether oxygens (including phenoxy) is 2. The first-order valence-corrected chi connectivity index (χ1v) is 8.09. The Kier molecular flexibility index (Phi) is 5.25. The van der Waals surface area contributed by atoms with Gasteiger partial charge in [0, 0.05) is 33.3 Å². The van der Waals surface area contributed by atoms with Crippen molar-refractivity contribution in [1.82, 2.24) is 9.80 Å². The fourth-order valence-electron chi connectivity index (χ4n) is 3.42. The summed E-state index contributed by atoms with van der Waals surface area (Å²) in [6.45, 7) is 4.21. The first-order chi connectivity index (χ1) is 11.2. The lowest BCUT2D eigenvalue weighted by Crippen LogP contribution is -2.61. The largest absolute Gasteiger partial charge is 0.383 e. The van der Waals surface area contributed by atoms with E-state index in [-0.39, 0.29) is 23.6 Å². The van der Waals surface area contributed by atoms with Gasteiger partial charge in [-0.3, -0.25) is 9.69 Å². The second-order valence-corrected chi connectivity index (χ2v) is 6.03. The molecule has 2 heterocycles. The third-order valence-electron chi connectivity index (χ3n) is 4.67. The minimum absolute atomic E-state index is 0.144. The van der Waals surface area contributed by atoms with Gasteiger partial charge >= 0.3 is 0 Å². The molecule has 1 amide bonds. The van der Waals surface area contributed by atoms with E-state index in [0.717, 1.165) is 19.5 Å². The highest BCUT2D eigenvalue weighted by atomic mass is 19.1. The van der Waals surface area contributed by atoms with Crippen LogP contribution >= 0.6 is 0 Å². The second-order valence-electron chi connectivity index (χ2n) is 6.03. The Morgan fingerprint density at radius 2 is 2.22 bits per heavy atom. The van der Waals surface area contributed by atoms with Crippen LogP contribution in [0.2, 0.25) is 0 Å². The van der Waals surface area contributed by atoms with Gasteiger partial charge in [-0.05, 0) is 18.6 Å². The maximum absolute atomic E-state index is 13.9. The van der Waals surface area contributed by atoms with E-state index in [4.69, 9.17) is 9.47 Å². The van der Waals surface area contributed by atoms with E-state index in [1.807, 2.05) is 0 Å². The number of hydrogen-bond acceptors (Lipinski definition) is 4.